The number of rotatable bonds is 2. The normalized spacial score (nSPS) is 12.5. The van der Waals surface area contributed by atoms with Crippen molar-refractivity contribution in [3.05, 3.63) is 23.5 Å². The van der Waals surface area contributed by atoms with Gasteiger partial charge in [-0.1, -0.05) is 0 Å². The smallest absolute Gasteiger partial charge is 0.296 e. The Bertz CT molecular complexity index is 526. The number of halogens is 4. The highest BCUT2D eigenvalue weighted by Crippen LogP contribution is 2.35. The van der Waals surface area contributed by atoms with Gasteiger partial charge in [-0.05, 0) is 6.07 Å². The molecule has 0 N–H and O–H groups in total. The molecule has 0 aromatic carbocycles. The molecule has 1 aromatic rings. The zero-order valence-electron chi connectivity index (χ0n) is 7.32. The van der Waals surface area contributed by atoms with E-state index < -0.39 is 31.4 Å². The van der Waals surface area contributed by atoms with Crippen molar-refractivity contribution in [3.8, 4) is 0 Å². The number of pyridine rings is 1. The Labute approximate surface area is 92.5 Å². The average molecular weight is 274 g/mol. The lowest BCUT2D eigenvalue weighted by Crippen LogP contribution is -2.13. The maximum Gasteiger partial charge on any atom is 0.417 e. The minimum Gasteiger partial charge on any atom is -0.296 e. The first-order valence-electron chi connectivity index (χ1n) is 3.64. The molecule has 0 radical (unpaired) electrons. The number of nitrogens with zero attached hydrogens (tertiary/aromatic N) is 1. The van der Waals surface area contributed by atoms with Crippen LogP contribution in [0, 0.1) is 0 Å². The molecule has 1 aromatic heterocycles. The molecule has 9 heteroatoms. The van der Waals surface area contributed by atoms with Gasteiger partial charge in [0, 0.05) is 16.9 Å². The molecule has 0 fully saturated rings. The molecule has 16 heavy (non-hydrogen) atoms. The van der Waals surface area contributed by atoms with Crippen LogP contribution in [0.25, 0.3) is 0 Å². The van der Waals surface area contributed by atoms with Gasteiger partial charge in [0.15, 0.2) is 6.29 Å². The van der Waals surface area contributed by atoms with Gasteiger partial charge in [0.05, 0.1) is 5.56 Å². The number of carbonyl (C=O) groups is 1. The molecular weight excluding hydrogens is 271 g/mol. The van der Waals surface area contributed by atoms with E-state index in [2.05, 4.69) is 4.98 Å². The molecule has 0 saturated carbocycles. The third-order valence-electron chi connectivity index (χ3n) is 1.59. The first-order chi connectivity index (χ1) is 7.18. The highest BCUT2D eigenvalue weighted by atomic mass is 35.7. The van der Waals surface area contributed by atoms with Crippen molar-refractivity contribution in [1.29, 1.82) is 0 Å². The van der Waals surface area contributed by atoms with Gasteiger partial charge in [0.1, 0.15) is 10.6 Å². The Kier molecular flexibility index (Phi) is 3.25. The van der Waals surface area contributed by atoms with Crippen LogP contribution in [0.3, 0.4) is 0 Å². The van der Waals surface area contributed by atoms with Gasteiger partial charge < -0.3 is 0 Å². The lowest BCUT2D eigenvalue weighted by Gasteiger charge is -2.10. The summed E-state index contributed by atoms with van der Waals surface area (Å²) in [6, 6.07) is 0.433. The predicted molar refractivity (Wildman–Crippen MR) is 47.7 cm³/mol. The maximum atomic E-state index is 12.4. The van der Waals surface area contributed by atoms with Crippen molar-refractivity contribution in [3.63, 3.8) is 0 Å². The van der Waals surface area contributed by atoms with E-state index in [0.29, 0.717) is 12.3 Å². The summed E-state index contributed by atoms with van der Waals surface area (Å²) in [6.45, 7) is 0. The van der Waals surface area contributed by atoms with E-state index in [1.54, 1.807) is 0 Å². The van der Waals surface area contributed by atoms with Gasteiger partial charge in [-0.25, -0.2) is 8.42 Å². The van der Waals surface area contributed by atoms with Crippen LogP contribution in [0.2, 0.25) is 0 Å². The minimum atomic E-state index is -4.93. The average Bonchev–Trinajstić information content (AvgIpc) is 2.13. The monoisotopic (exact) mass is 273 g/mol. The highest BCUT2D eigenvalue weighted by Gasteiger charge is 2.38. The van der Waals surface area contributed by atoms with Crippen LogP contribution in [-0.4, -0.2) is 19.7 Å². The molecule has 88 valence electrons. The first-order valence-corrected chi connectivity index (χ1v) is 5.95. The zero-order chi connectivity index (χ0) is 12.6. The van der Waals surface area contributed by atoms with Gasteiger partial charge in [-0.2, -0.15) is 13.2 Å². The highest BCUT2D eigenvalue weighted by molar-refractivity contribution is 8.13. The molecule has 4 nitrogen and oxygen atoms in total. The maximum absolute atomic E-state index is 12.4. The standard InChI is InChI=1S/C7H3ClF3NO3S/c8-16(14,15)6-4(7(9,10)11)1-2-12-5(6)3-13/h1-3H. The van der Waals surface area contributed by atoms with E-state index >= 15 is 0 Å². The lowest BCUT2D eigenvalue weighted by atomic mass is 10.2. The molecular formula is C7H3ClF3NO3S. The van der Waals surface area contributed by atoms with Crippen LogP contribution in [0.4, 0.5) is 13.2 Å². The minimum absolute atomic E-state index is 0.107. The van der Waals surface area contributed by atoms with Crippen LogP contribution in [-0.2, 0) is 15.2 Å². The van der Waals surface area contributed by atoms with Crippen molar-refractivity contribution in [1.82, 2.24) is 4.98 Å². The molecule has 1 rings (SSSR count). The topological polar surface area (TPSA) is 64.1 Å². The van der Waals surface area contributed by atoms with E-state index in [4.69, 9.17) is 10.7 Å². The summed E-state index contributed by atoms with van der Waals surface area (Å²) < 4.78 is 59.2. The fraction of sp³-hybridized carbons (Fsp3) is 0.143. The summed E-state index contributed by atoms with van der Waals surface area (Å²) in [6.07, 6.45) is -4.36. The molecule has 0 amide bonds. The summed E-state index contributed by atoms with van der Waals surface area (Å²) in [5.74, 6) is 0. The van der Waals surface area contributed by atoms with Crippen molar-refractivity contribution < 1.29 is 26.4 Å². The number of hydrogen-bond donors (Lipinski definition) is 0. The molecule has 0 aliphatic carbocycles. The molecule has 0 saturated heterocycles. The van der Waals surface area contributed by atoms with Crippen LogP contribution in [0.5, 0.6) is 0 Å². The van der Waals surface area contributed by atoms with Crippen LogP contribution in [0.15, 0.2) is 17.2 Å². The van der Waals surface area contributed by atoms with Gasteiger partial charge in [-0.15, -0.1) is 0 Å². The molecule has 0 unspecified atom stereocenters. The molecule has 0 atom stereocenters. The van der Waals surface area contributed by atoms with E-state index in [-0.39, 0.29) is 6.29 Å². The third-order valence-corrected chi connectivity index (χ3v) is 2.97. The van der Waals surface area contributed by atoms with E-state index in [0.717, 1.165) is 0 Å². The van der Waals surface area contributed by atoms with Crippen LogP contribution >= 0.6 is 10.7 Å². The van der Waals surface area contributed by atoms with Gasteiger partial charge in [-0.3, -0.25) is 9.78 Å². The Morgan fingerprint density at radius 1 is 1.38 bits per heavy atom. The predicted octanol–water partition coefficient (Wildman–Crippen LogP) is 1.84. The second kappa shape index (κ2) is 4.02. The van der Waals surface area contributed by atoms with Crippen LogP contribution in [0.1, 0.15) is 16.1 Å². The Balaban J connectivity index is 3.71. The van der Waals surface area contributed by atoms with E-state index in [1.807, 2.05) is 0 Å². The number of aldehydes is 1. The Morgan fingerprint density at radius 2 is 1.94 bits per heavy atom. The zero-order valence-corrected chi connectivity index (χ0v) is 8.90. The third kappa shape index (κ3) is 2.50. The second-order valence-corrected chi connectivity index (χ2v) is 5.13. The Morgan fingerprint density at radius 3 is 2.31 bits per heavy atom. The fourth-order valence-electron chi connectivity index (χ4n) is 1.03. The van der Waals surface area contributed by atoms with Crippen molar-refractivity contribution >= 4 is 26.0 Å². The Hall–Kier alpha value is -1.15. The summed E-state index contributed by atoms with van der Waals surface area (Å²) in [5, 5.41) is 0. The summed E-state index contributed by atoms with van der Waals surface area (Å²) in [5.41, 5.74) is -2.38. The summed E-state index contributed by atoms with van der Waals surface area (Å²) in [7, 11) is 0.126. The van der Waals surface area contributed by atoms with Gasteiger partial charge >= 0.3 is 6.18 Å². The molecule has 0 aliphatic rings. The fourth-order valence-corrected chi connectivity index (χ4v) is 2.31. The number of alkyl halides is 3. The lowest BCUT2D eigenvalue weighted by molar-refractivity contribution is -0.139. The quantitative estimate of drug-likeness (QED) is 0.609. The number of aromatic nitrogens is 1. The second-order valence-electron chi connectivity index (χ2n) is 2.63. The largest absolute Gasteiger partial charge is 0.417 e. The molecule has 0 aliphatic heterocycles. The number of carbonyl (C=O) groups excluding carboxylic acids is 1. The molecule has 0 bridgehead atoms. The van der Waals surface area contributed by atoms with Crippen molar-refractivity contribution in [2.24, 2.45) is 0 Å². The van der Waals surface area contributed by atoms with Gasteiger partial charge in [0.2, 0.25) is 0 Å². The number of hydrogen-bond acceptors (Lipinski definition) is 4. The molecule has 1 heterocycles. The van der Waals surface area contributed by atoms with Crippen molar-refractivity contribution in [2.45, 2.75) is 11.1 Å². The summed E-state index contributed by atoms with van der Waals surface area (Å²) >= 11 is 0. The first kappa shape index (κ1) is 12.9. The summed E-state index contributed by atoms with van der Waals surface area (Å²) in [4.78, 5) is 12.3. The molecule has 0 spiro atoms. The van der Waals surface area contributed by atoms with Crippen LogP contribution < -0.4 is 0 Å². The SMILES string of the molecule is O=Cc1nccc(C(F)(F)F)c1S(=O)(=O)Cl. The van der Waals surface area contributed by atoms with Crippen molar-refractivity contribution in [2.75, 3.05) is 0 Å². The van der Waals surface area contributed by atoms with E-state index in [1.165, 1.54) is 0 Å². The van der Waals surface area contributed by atoms with Gasteiger partial charge in [0.25, 0.3) is 9.05 Å². The van der Waals surface area contributed by atoms with E-state index in [9.17, 15) is 26.4 Å².